The molecule has 5 aromatic rings. The van der Waals surface area contributed by atoms with Gasteiger partial charge in [-0.2, -0.15) is 18.2 Å². The van der Waals surface area contributed by atoms with Crippen molar-refractivity contribution < 1.29 is 22.4 Å². The summed E-state index contributed by atoms with van der Waals surface area (Å²) < 4.78 is 55.7. The van der Waals surface area contributed by atoms with Gasteiger partial charge in [-0.05, 0) is 35.4 Å². The van der Waals surface area contributed by atoms with Gasteiger partial charge in [-0.3, -0.25) is 14.2 Å². The van der Waals surface area contributed by atoms with Gasteiger partial charge >= 0.3 is 6.18 Å². The molecule has 6 rings (SSSR count). The molecule has 0 aliphatic carbocycles. The van der Waals surface area contributed by atoms with Crippen LogP contribution in [0.3, 0.4) is 0 Å². The Balaban J connectivity index is 1.82. The fraction of sp³-hybridized carbons (Fsp3) is 0.0435. The molecule has 0 radical (unpaired) electrons. The molecule has 10 heteroatoms. The highest BCUT2D eigenvalue weighted by atomic mass is 32.1. The zero-order valence-electron chi connectivity index (χ0n) is 16.3. The first-order chi connectivity index (χ1) is 15.7. The van der Waals surface area contributed by atoms with Crippen molar-refractivity contribution in [2.24, 2.45) is 0 Å². The smallest absolute Gasteiger partial charge is 0.268 e. The minimum absolute atomic E-state index is 0.0186. The number of halogens is 4. The molecule has 1 aliphatic heterocycles. The Hall–Kier alpha value is -3.92. The number of benzene rings is 2. The summed E-state index contributed by atoms with van der Waals surface area (Å²) in [5.74, 6) is -0.872. The lowest BCUT2D eigenvalue weighted by Gasteiger charge is -2.11. The zero-order valence-corrected chi connectivity index (χ0v) is 17.1. The Morgan fingerprint density at radius 3 is 2.27 bits per heavy atom. The molecular weight excluding hydrogens is 458 g/mol. The van der Waals surface area contributed by atoms with E-state index in [2.05, 4.69) is 9.97 Å². The molecule has 0 spiro atoms. The van der Waals surface area contributed by atoms with Gasteiger partial charge in [-0.1, -0.05) is 30.3 Å². The van der Waals surface area contributed by atoms with Crippen molar-refractivity contribution in [3.63, 3.8) is 0 Å². The summed E-state index contributed by atoms with van der Waals surface area (Å²) in [6, 6.07) is 12.4. The van der Waals surface area contributed by atoms with Gasteiger partial charge in [0, 0.05) is 10.9 Å². The number of carbonyl (C=O) groups excluding carboxylic acids is 1. The number of nitrogens with zero attached hydrogens (tertiary/aromatic N) is 3. The molecule has 3 aromatic heterocycles. The second-order valence-electron chi connectivity index (χ2n) is 7.45. The van der Waals surface area contributed by atoms with E-state index in [-0.39, 0.29) is 37.4 Å². The van der Waals surface area contributed by atoms with E-state index in [1.165, 1.54) is 16.7 Å². The number of alkyl halides is 3. The number of pyridine rings is 1. The Bertz CT molecular complexity index is 1700. The number of hydrogen-bond acceptors (Lipinski definition) is 5. The highest BCUT2D eigenvalue weighted by molar-refractivity contribution is 7.25. The number of carbonyl (C=O) groups is 1. The van der Waals surface area contributed by atoms with Gasteiger partial charge in [-0.15, -0.1) is 11.3 Å². The molecule has 4 heterocycles. The van der Waals surface area contributed by atoms with Crippen molar-refractivity contribution in [2.45, 2.75) is 6.18 Å². The van der Waals surface area contributed by atoms with E-state index >= 15 is 0 Å². The molecule has 5 nitrogen and oxygen atoms in total. The Kier molecular flexibility index (Phi) is 3.92. The minimum Gasteiger partial charge on any atom is -0.268 e. The maximum Gasteiger partial charge on any atom is 0.433 e. The Morgan fingerprint density at radius 2 is 1.58 bits per heavy atom. The van der Waals surface area contributed by atoms with Gasteiger partial charge in [0.2, 0.25) is 0 Å². The van der Waals surface area contributed by atoms with Crippen LogP contribution >= 0.6 is 11.3 Å². The van der Waals surface area contributed by atoms with Crippen LogP contribution in [0, 0.1) is 5.82 Å². The Labute approximate surface area is 185 Å². The van der Waals surface area contributed by atoms with Crippen LogP contribution in [0.25, 0.3) is 42.9 Å². The molecule has 1 aliphatic rings. The summed E-state index contributed by atoms with van der Waals surface area (Å²) in [6.45, 7) is 0. The quantitative estimate of drug-likeness (QED) is 0.300. The van der Waals surface area contributed by atoms with Crippen molar-refractivity contribution >= 4 is 37.7 Å². The second-order valence-corrected chi connectivity index (χ2v) is 8.45. The van der Waals surface area contributed by atoms with Gasteiger partial charge in [0.05, 0.1) is 11.1 Å². The third kappa shape index (κ3) is 2.77. The fourth-order valence-electron chi connectivity index (χ4n) is 4.11. The minimum atomic E-state index is -4.75. The molecule has 0 bridgehead atoms. The van der Waals surface area contributed by atoms with Gasteiger partial charge in [0.25, 0.3) is 11.5 Å². The van der Waals surface area contributed by atoms with E-state index in [1.807, 2.05) is 0 Å². The second kappa shape index (κ2) is 6.55. The summed E-state index contributed by atoms with van der Waals surface area (Å²) in [5.41, 5.74) is -0.506. The molecule has 0 amide bonds. The summed E-state index contributed by atoms with van der Waals surface area (Å²) in [4.78, 5) is 33.9. The van der Waals surface area contributed by atoms with Crippen molar-refractivity contribution in [2.75, 3.05) is 0 Å². The predicted octanol–water partition coefficient (Wildman–Crippen LogP) is 5.50. The molecule has 33 heavy (non-hydrogen) atoms. The zero-order chi connectivity index (χ0) is 23.1. The molecule has 0 fully saturated rings. The van der Waals surface area contributed by atoms with Crippen LogP contribution < -0.4 is 5.56 Å². The number of thiophene rings is 1. The molecule has 2 aromatic carbocycles. The van der Waals surface area contributed by atoms with Crippen LogP contribution in [0.15, 0.2) is 59.4 Å². The van der Waals surface area contributed by atoms with Crippen LogP contribution in [0.2, 0.25) is 0 Å². The lowest BCUT2D eigenvalue weighted by molar-refractivity contribution is -0.140. The molecule has 0 unspecified atom stereocenters. The number of hydrogen-bond donors (Lipinski definition) is 0. The molecular formula is C23H9F4N3O2S. The molecule has 162 valence electrons. The summed E-state index contributed by atoms with van der Waals surface area (Å²) in [6.07, 6.45) is -4.75. The largest absolute Gasteiger partial charge is 0.433 e. The van der Waals surface area contributed by atoms with Crippen LogP contribution in [-0.4, -0.2) is 20.4 Å². The Morgan fingerprint density at radius 1 is 0.879 bits per heavy atom. The average Bonchev–Trinajstić information content (AvgIpc) is 3.30. The normalized spacial score (nSPS) is 13.0. The van der Waals surface area contributed by atoms with E-state index in [0.29, 0.717) is 11.1 Å². The maximum atomic E-state index is 13.6. The standard InChI is InChI=1S/C23H9F4N3O2S/c24-11-7-5-10(6-8-11)14-9-15(23(25,26)27)28-21-16(14)17-18(33-21)20(31)29-19-12-3-1-2-4-13(12)22(32)30(17)19/h1-9H. The predicted molar refractivity (Wildman–Crippen MR) is 115 cm³/mol. The number of fused-ring (bicyclic) bond motifs is 7. The van der Waals surface area contributed by atoms with Crippen LogP contribution in [0.4, 0.5) is 17.6 Å². The maximum absolute atomic E-state index is 13.6. The molecule has 0 saturated carbocycles. The highest BCUT2D eigenvalue weighted by Crippen LogP contribution is 2.43. The van der Waals surface area contributed by atoms with Gasteiger partial charge in [-0.25, -0.2) is 9.37 Å². The first-order valence-electron chi connectivity index (χ1n) is 9.61. The van der Waals surface area contributed by atoms with E-state index in [0.717, 1.165) is 29.5 Å². The molecule has 0 N–H and O–H groups in total. The SMILES string of the molecule is O=C1c2ccccc2-c2nc(=O)c3sc4nc(C(F)(F)F)cc(-c5ccc(F)cc5)c4c3n21. The lowest BCUT2D eigenvalue weighted by atomic mass is 10.0. The third-order valence-electron chi connectivity index (χ3n) is 5.52. The van der Waals surface area contributed by atoms with Crippen molar-refractivity contribution in [1.29, 1.82) is 0 Å². The first-order valence-corrected chi connectivity index (χ1v) is 10.4. The van der Waals surface area contributed by atoms with E-state index in [1.54, 1.807) is 24.3 Å². The summed E-state index contributed by atoms with van der Waals surface area (Å²) in [5, 5.41) is 0.205. The molecule has 0 atom stereocenters. The van der Waals surface area contributed by atoms with Crippen LogP contribution in [0.1, 0.15) is 16.1 Å². The van der Waals surface area contributed by atoms with Gasteiger partial charge < -0.3 is 0 Å². The van der Waals surface area contributed by atoms with E-state index < -0.39 is 29.2 Å². The topological polar surface area (TPSA) is 64.8 Å². The van der Waals surface area contributed by atoms with E-state index in [9.17, 15) is 27.2 Å². The lowest BCUT2D eigenvalue weighted by Crippen LogP contribution is -2.15. The number of aromatic nitrogens is 3. The molecule has 0 saturated heterocycles. The summed E-state index contributed by atoms with van der Waals surface area (Å²) >= 11 is 0.744. The average molecular weight is 467 g/mol. The van der Waals surface area contributed by atoms with E-state index in [4.69, 9.17) is 0 Å². The van der Waals surface area contributed by atoms with Gasteiger partial charge in [0.15, 0.2) is 5.82 Å². The van der Waals surface area contributed by atoms with Crippen LogP contribution in [0.5, 0.6) is 0 Å². The van der Waals surface area contributed by atoms with Crippen molar-refractivity contribution in [3.8, 4) is 22.5 Å². The first kappa shape index (κ1) is 19.7. The van der Waals surface area contributed by atoms with Crippen molar-refractivity contribution in [3.05, 3.63) is 82.0 Å². The van der Waals surface area contributed by atoms with Crippen LogP contribution in [-0.2, 0) is 6.18 Å². The fourth-order valence-corrected chi connectivity index (χ4v) is 5.18. The van der Waals surface area contributed by atoms with Crippen molar-refractivity contribution in [1.82, 2.24) is 14.5 Å². The summed E-state index contributed by atoms with van der Waals surface area (Å²) in [7, 11) is 0. The number of rotatable bonds is 1. The highest BCUT2D eigenvalue weighted by Gasteiger charge is 2.36. The third-order valence-corrected chi connectivity index (χ3v) is 6.58. The van der Waals surface area contributed by atoms with Gasteiger partial charge in [0.1, 0.15) is 21.0 Å². The monoisotopic (exact) mass is 467 g/mol.